The van der Waals surface area contributed by atoms with Gasteiger partial charge in [0.05, 0.1) is 12.5 Å². The van der Waals surface area contributed by atoms with Crippen LogP contribution in [0.25, 0.3) is 0 Å². The molecular weight excluding hydrogens is 558 g/mol. The molecule has 1 saturated heterocycles. The van der Waals surface area contributed by atoms with Gasteiger partial charge in [-0.3, -0.25) is 4.79 Å². The molecule has 2 aliphatic rings. The topological polar surface area (TPSA) is 102 Å². The second-order valence-electron chi connectivity index (χ2n) is 11.7. The zero-order valence-corrected chi connectivity index (χ0v) is 25.9. The fourth-order valence-electron chi connectivity index (χ4n) is 5.88. The number of nitrogens with one attached hydrogen (secondary N) is 1. The number of rotatable bonds is 16. The van der Waals surface area contributed by atoms with E-state index in [9.17, 15) is 9.90 Å². The summed E-state index contributed by atoms with van der Waals surface area (Å²) in [6.45, 7) is 3.45. The van der Waals surface area contributed by atoms with Gasteiger partial charge in [0.1, 0.15) is 24.6 Å². The molecule has 236 valence electrons. The molecule has 0 spiro atoms. The standard InChI is InChI=1S/C35H45N3O6/c1-41-16-6-9-27-19-28(21-31(20-27)43-18-17-42-2)24-38(30-10-11-30)34(39)32-23-36-15-13-35(32,40)29-12-14-37-33(22-29)44-25-26-7-4-3-5-8-26/h3-5,7-8,12,14,19-22,30,32,36,40H,6,9-11,13,15-18,23-25H2,1-2H3/t32-,35+/m1/s1. The minimum atomic E-state index is -1.35. The van der Waals surface area contributed by atoms with E-state index in [-0.39, 0.29) is 11.9 Å². The van der Waals surface area contributed by atoms with Crippen molar-refractivity contribution in [3.63, 3.8) is 0 Å². The maximum absolute atomic E-state index is 14.4. The number of ether oxygens (including phenoxy) is 4. The van der Waals surface area contributed by atoms with E-state index in [1.54, 1.807) is 32.5 Å². The Labute approximate surface area is 260 Å². The molecule has 2 atom stereocenters. The van der Waals surface area contributed by atoms with Gasteiger partial charge >= 0.3 is 0 Å². The van der Waals surface area contributed by atoms with E-state index in [1.807, 2.05) is 41.3 Å². The highest BCUT2D eigenvalue weighted by Crippen LogP contribution is 2.40. The molecule has 0 radical (unpaired) electrons. The minimum absolute atomic E-state index is 0.0441. The zero-order valence-electron chi connectivity index (χ0n) is 25.9. The number of carbonyl (C=O) groups is 1. The van der Waals surface area contributed by atoms with E-state index in [0.717, 1.165) is 48.1 Å². The van der Waals surface area contributed by atoms with Gasteiger partial charge in [0.25, 0.3) is 0 Å². The first kappa shape index (κ1) is 31.9. The smallest absolute Gasteiger partial charge is 0.230 e. The highest BCUT2D eigenvalue weighted by atomic mass is 16.5. The van der Waals surface area contributed by atoms with E-state index in [0.29, 0.717) is 63.9 Å². The molecule has 5 rings (SSSR count). The number of amides is 1. The normalized spacial score (nSPS) is 19.8. The largest absolute Gasteiger partial charge is 0.491 e. The third kappa shape index (κ3) is 8.35. The summed E-state index contributed by atoms with van der Waals surface area (Å²) in [6, 6.07) is 19.9. The van der Waals surface area contributed by atoms with Gasteiger partial charge in [-0.2, -0.15) is 0 Å². The molecule has 0 unspecified atom stereocenters. The average Bonchev–Trinajstić information content (AvgIpc) is 3.89. The van der Waals surface area contributed by atoms with Gasteiger partial charge in [0.2, 0.25) is 11.8 Å². The number of benzene rings is 2. The van der Waals surface area contributed by atoms with Crippen LogP contribution in [-0.4, -0.2) is 74.1 Å². The van der Waals surface area contributed by atoms with Crippen LogP contribution in [0.5, 0.6) is 11.6 Å². The van der Waals surface area contributed by atoms with Crippen LogP contribution in [0.3, 0.4) is 0 Å². The fraction of sp³-hybridized carbons (Fsp3) is 0.486. The Bertz CT molecular complexity index is 1320. The van der Waals surface area contributed by atoms with Crippen molar-refractivity contribution in [2.24, 2.45) is 5.92 Å². The van der Waals surface area contributed by atoms with Crippen molar-refractivity contribution in [3.05, 3.63) is 89.1 Å². The Morgan fingerprint density at radius 1 is 0.977 bits per heavy atom. The van der Waals surface area contributed by atoms with Crippen molar-refractivity contribution in [3.8, 4) is 11.6 Å². The summed E-state index contributed by atoms with van der Waals surface area (Å²) in [7, 11) is 3.36. The van der Waals surface area contributed by atoms with Crippen LogP contribution in [0, 0.1) is 5.92 Å². The molecule has 2 aromatic carbocycles. The molecule has 44 heavy (non-hydrogen) atoms. The van der Waals surface area contributed by atoms with Crippen molar-refractivity contribution in [1.29, 1.82) is 0 Å². The molecule has 1 aromatic heterocycles. The number of aliphatic hydroxyl groups is 1. The number of piperidine rings is 1. The van der Waals surface area contributed by atoms with Gasteiger partial charge in [-0.25, -0.2) is 4.98 Å². The third-order valence-electron chi connectivity index (χ3n) is 8.39. The fourth-order valence-corrected chi connectivity index (χ4v) is 5.88. The number of hydrogen-bond acceptors (Lipinski definition) is 8. The Kier molecular flexibility index (Phi) is 11.2. The van der Waals surface area contributed by atoms with Crippen molar-refractivity contribution in [1.82, 2.24) is 15.2 Å². The van der Waals surface area contributed by atoms with E-state index in [2.05, 4.69) is 22.4 Å². The third-order valence-corrected chi connectivity index (χ3v) is 8.39. The van der Waals surface area contributed by atoms with Gasteiger partial charge in [0.15, 0.2) is 0 Å². The summed E-state index contributed by atoms with van der Waals surface area (Å²) in [4.78, 5) is 20.7. The van der Waals surface area contributed by atoms with Crippen molar-refractivity contribution >= 4 is 5.91 Å². The number of aryl methyl sites for hydroxylation is 1. The molecule has 9 heteroatoms. The predicted molar refractivity (Wildman–Crippen MR) is 167 cm³/mol. The van der Waals surface area contributed by atoms with Crippen LogP contribution in [0.2, 0.25) is 0 Å². The van der Waals surface area contributed by atoms with Crippen LogP contribution >= 0.6 is 0 Å². The number of carbonyl (C=O) groups excluding carboxylic acids is 1. The van der Waals surface area contributed by atoms with Gasteiger partial charge in [-0.15, -0.1) is 0 Å². The van der Waals surface area contributed by atoms with E-state index < -0.39 is 11.5 Å². The molecule has 9 nitrogen and oxygen atoms in total. The second-order valence-corrected chi connectivity index (χ2v) is 11.7. The lowest BCUT2D eigenvalue weighted by Crippen LogP contribution is -2.55. The Morgan fingerprint density at radius 2 is 1.77 bits per heavy atom. The SMILES string of the molecule is COCCCc1cc(CN(C(=O)[C@H]2CNCC[C@]2(O)c2ccnc(OCc3ccccc3)c2)C2CC2)cc(OCCOC)c1. The van der Waals surface area contributed by atoms with E-state index in [4.69, 9.17) is 18.9 Å². The lowest BCUT2D eigenvalue weighted by molar-refractivity contribution is -0.150. The maximum Gasteiger partial charge on any atom is 0.230 e. The molecular formula is C35H45N3O6. The monoisotopic (exact) mass is 603 g/mol. The molecule has 2 N–H and O–H groups in total. The van der Waals surface area contributed by atoms with Crippen molar-refractivity contribution in [2.75, 3.05) is 47.1 Å². The Morgan fingerprint density at radius 3 is 2.55 bits per heavy atom. The van der Waals surface area contributed by atoms with Crippen molar-refractivity contribution in [2.45, 2.75) is 56.9 Å². The summed E-state index contributed by atoms with van der Waals surface area (Å²) in [5, 5.41) is 15.6. The quantitative estimate of drug-likeness (QED) is 0.234. The van der Waals surface area contributed by atoms with Gasteiger partial charge in [-0.05, 0) is 79.1 Å². The lowest BCUT2D eigenvalue weighted by atomic mass is 9.76. The van der Waals surface area contributed by atoms with Crippen LogP contribution in [-0.2, 0) is 39.4 Å². The lowest BCUT2D eigenvalue weighted by Gasteiger charge is -2.42. The summed E-state index contributed by atoms with van der Waals surface area (Å²) in [6.07, 6.45) is 5.73. The maximum atomic E-state index is 14.4. The number of nitrogens with zero attached hydrogens (tertiary/aromatic N) is 2. The van der Waals surface area contributed by atoms with E-state index in [1.165, 1.54) is 0 Å². The number of aromatic nitrogens is 1. The first-order chi connectivity index (χ1) is 21.5. The molecule has 3 aromatic rings. The molecule has 1 aliphatic heterocycles. The molecule has 2 heterocycles. The van der Waals surface area contributed by atoms with Crippen molar-refractivity contribution < 1.29 is 28.8 Å². The summed E-state index contributed by atoms with van der Waals surface area (Å²) in [5.74, 6) is 0.501. The molecule has 0 bridgehead atoms. The van der Waals surface area contributed by atoms with Crippen LogP contribution < -0.4 is 14.8 Å². The average molecular weight is 604 g/mol. The Balaban J connectivity index is 1.35. The highest BCUT2D eigenvalue weighted by Gasteiger charge is 2.48. The summed E-state index contributed by atoms with van der Waals surface area (Å²) >= 11 is 0. The van der Waals surface area contributed by atoms with Crippen LogP contribution in [0.1, 0.15) is 47.9 Å². The summed E-state index contributed by atoms with van der Waals surface area (Å²) in [5.41, 5.74) is 2.49. The van der Waals surface area contributed by atoms with Crippen LogP contribution in [0.4, 0.5) is 0 Å². The summed E-state index contributed by atoms with van der Waals surface area (Å²) < 4.78 is 22.4. The first-order valence-corrected chi connectivity index (χ1v) is 15.6. The molecule has 2 fully saturated rings. The molecule has 1 aliphatic carbocycles. The Hall–Kier alpha value is -3.50. The van der Waals surface area contributed by atoms with Gasteiger partial charge in [0, 0.05) is 52.2 Å². The number of methoxy groups -OCH3 is 2. The van der Waals surface area contributed by atoms with E-state index >= 15 is 0 Å². The molecule has 1 saturated carbocycles. The first-order valence-electron chi connectivity index (χ1n) is 15.6. The zero-order chi connectivity index (χ0) is 30.8. The van der Waals surface area contributed by atoms with Gasteiger partial charge in [-0.1, -0.05) is 36.4 Å². The predicted octanol–water partition coefficient (Wildman–Crippen LogP) is 4.25. The van der Waals surface area contributed by atoms with Crippen LogP contribution in [0.15, 0.2) is 66.9 Å². The second kappa shape index (κ2) is 15.5. The highest BCUT2D eigenvalue weighted by molar-refractivity contribution is 5.81. The number of pyridine rings is 1. The molecule has 1 amide bonds. The minimum Gasteiger partial charge on any atom is -0.491 e. The number of hydrogen-bond donors (Lipinski definition) is 2. The van der Waals surface area contributed by atoms with Gasteiger partial charge < -0.3 is 34.3 Å².